The number of nitrogens with zero attached hydrogens (tertiary/aromatic N) is 1. The summed E-state index contributed by atoms with van der Waals surface area (Å²) in [6, 6.07) is 3.99. The highest BCUT2D eigenvalue weighted by Crippen LogP contribution is 2.25. The lowest BCUT2D eigenvalue weighted by Gasteiger charge is -2.31. The summed E-state index contributed by atoms with van der Waals surface area (Å²) >= 11 is 0. The molecule has 2 rings (SSSR count). The Balaban J connectivity index is 1.66. The fourth-order valence-corrected chi connectivity index (χ4v) is 3.12. The van der Waals surface area contributed by atoms with Gasteiger partial charge in [-0.15, -0.1) is 0 Å². The second kappa shape index (κ2) is 10.0. The number of amides is 3. The molecule has 27 heavy (non-hydrogen) atoms. The number of carbonyl (C=O) groups is 2. The van der Waals surface area contributed by atoms with Crippen molar-refractivity contribution in [1.29, 1.82) is 0 Å². The van der Waals surface area contributed by atoms with Gasteiger partial charge in [0.1, 0.15) is 12.4 Å². The first-order valence-corrected chi connectivity index (χ1v) is 9.58. The van der Waals surface area contributed by atoms with Crippen LogP contribution in [-0.2, 0) is 4.74 Å². The monoisotopic (exact) mass is 377 g/mol. The second-order valence-corrected chi connectivity index (χ2v) is 6.86. The van der Waals surface area contributed by atoms with Gasteiger partial charge in [-0.25, -0.2) is 9.59 Å². The van der Waals surface area contributed by atoms with Gasteiger partial charge in [-0.3, -0.25) is 0 Å². The molecule has 0 aromatic heterocycles. The van der Waals surface area contributed by atoms with E-state index in [1.807, 2.05) is 19.9 Å². The third-order valence-corrected chi connectivity index (χ3v) is 4.86. The predicted molar refractivity (Wildman–Crippen MR) is 104 cm³/mol. The maximum Gasteiger partial charge on any atom is 0.409 e. The van der Waals surface area contributed by atoms with Crippen LogP contribution in [0, 0.1) is 20.8 Å². The highest BCUT2D eigenvalue weighted by Gasteiger charge is 2.24. The summed E-state index contributed by atoms with van der Waals surface area (Å²) in [7, 11) is 0. The van der Waals surface area contributed by atoms with Crippen LogP contribution in [0.4, 0.5) is 9.59 Å². The first-order valence-electron chi connectivity index (χ1n) is 9.58. The largest absolute Gasteiger partial charge is 0.491 e. The average molecular weight is 377 g/mol. The quantitative estimate of drug-likeness (QED) is 0.747. The predicted octanol–water partition coefficient (Wildman–Crippen LogP) is 2.91. The molecule has 0 radical (unpaired) electrons. The fraction of sp³-hybridized carbons (Fsp3) is 0.600. The summed E-state index contributed by atoms with van der Waals surface area (Å²) in [5.41, 5.74) is 3.42. The van der Waals surface area contributed by atoms with Crippen LogP contribution in [0.5, 0.6) is 5.75 Å². The van der Waals surface area contributed by atoms with Crippen molar-refractivity contribution < 1.29 is 19.1 Å². The summed E-state index contributed by atoms with van der Waals surface area (Å²) in [4.78, 5) is 25.4. The zero-order chi connectivity index (χ0) is 19.8. The molecule has 0 atom stereocenters. The molecule has 150 valence electrons. The Hall–Kier alpha value is -2.44. The van der Waals surface area contributed by atoms with Crippen molar-refractivity contribution in [2.24, 2.45) is 0 Å². The number of carbonyl (C=O) groups excluding carboxylic acids is 2. The van der Waals surface area contributed by atoms with E-state index in [0.29, 0.717) is 32.8 Å². The van der Waals surface area contributed by atoms with Crippen molar-refractivity contribution in [2.45, 2.75) is 46.6 Å². The minimum atomic E-state index is -0.278. The van der Waals surface area contributed by atoms with Crippen molar-refractivity contribution in [3.63, 3.8) is 0 Å². The molecule has 7 nitrogen and oxygen atoms in total. The second-order valence-electron chi connectivity index (χ2n) is 6.86. The third kappa shape index (κ3) is 6.05. The van der Waals surface area contributed by atoms with E-state index in [9.17, 15) is 9.59 Å². The summed E-state index contributed by atoms with van der Waals surface area (Å²) < 4.78 is 10.8. The van der Waals surface area contributed by atoms with Gasteiger partial charge < -0.3 is 25.0 Å². The van der Waals surface area contributed by atoms with Gasteiger partial charge >= 0.3 is 12.1 Å². The number of urea groups is 1. The first kappa shape index (κ1) is 20.9. The van der Waals surface area contributed by atoms with Crippen LogP contribution in [0.1, 0.15) is 36.5 Å². The maximum atomic E-state index is 12.0. The van der Waals surface area contributed by atoms with E-state index in [2.05, 4.69) is 23.6 Å². The van der Waals surface area contributed by atoms with Crippen molar-refractivity contribution in [3.05, 3.63) is 28.8 Å². The average Bonchev–Trinajstić information content (AvgIpc) is 2.65. The molecule has 1 heterocycles. The molecule has 1 aromatic carbocycles. The Morgan fingerprint density at radius 3 is 2.48 bits per heavy atom. The topological polar surface area (TPSA) is 79.9 Å². The highest BCUT2D eigenvalue weighted by molar-refractivity contribution is 5.74. The standard InChI is InChI=1S/C20H31N3O4/c1-5-26-20(25)23-11-8-17(9-12-23)22-19(24)21-10-13-27-18-15(3)7-6-14(2)16(18)4/h6-7,17H,5,8-13H2,1-4H3,(H2,21,22,24). The van der Waals surface area contributed by atoms with E-state index < -0.39 is 0 Å². The molecule has 1 aliphatic heterocycles. The van der Waals surface area contributed by atoms with Crippen molar-refractivity contribution in [1.82, 2.24) is 15.5 Å². The molecule has 0 saturated carbocycles. The number of aryl methyl sites for hydroxylation is 2. The number of benzene rings is 1. The summed E-state index contributed by atoms with van der Waals surface area (Å²) in [5.74, 6) is 0.892. The number of hydrogen-bond donors (Lipinski definition) is 2. The highest BCUT2D eigenvalue weighted by atomic mass is 16.6. The van der Waals surface area contributed by atoms with Gasteiger partial charge in [-0.2, -0.15) is 0 Å². The number of likely N-dealkylation sites (tertiary alicyclic amines) is 1. The Labute approximate surface area is 161 Å². The Morgan fingerprint density at radius 2 is 1.81 bits per heavy atom. The van der Waals surface area contributed by atoms with Gasteiger partial charge in [-0.1, -0.05) is 12.1 Å². The Morgan fingerprint density at radius 1 is 1.15 bits per heavy atom. The molecular formula is C20H31N3O4. The zero-order valence-electron chi connectivity index (χ0n) is 16.8. The summed E-state index contributed by atoms with van der Waals surface area (Å²) in [5, 5.41) is 5.78. The number of ether oxygens (including phenoxy) is 2. The number of piperidine rings is 1. The third-order valence-electron chi connectivity index (χ3n) is 4.86. The van der Waals surface area contributed by atoms with E-state index in [1.165, 1.54) is 5.56 Å². The van der Waals surface area contributed by atoms with E-state index in [4.69, 9.17) is 9.47 Å². The van der Waals surface area contributed by atoms with E-state index in [1.54, 1.807) is 11.8 Å². The fourth-order valence-electron chi connectivity index (χ4n) is 3.12. The van der Waals surface area contributed by atoms with Crippen LogP contribution in [0.2, 0.25) is 0 Å². The Kier molecular flexibility index (Phi) is 7.76. The minimum Gasteiger partial charge on any atom is -0.491 e. The summed E-state index contributed by atoms with van der Waals surface area (Å²) in [6.45, 7) is 10.3. The molecule has 1 aliphatic rings. The molecule has 2 N–H and O–H groups in total. The van der Waals surface area contributed by atoms with Crippen LogP contribution < -0.4 is 15.4 Å². The first-order chi connectivity index (χ1) is 12.9. The summed E-state index contributed by atoms with van der Waals surface area (Å²) in [6.07, 6.45) is 1.17. The van der Waals surface area contributed by atoms with E-state index in [0.717, 1.165) is 29.7 Å². The van der Waals surface area contributed by atoms with Crippen LogP contribution in [0.3, 0.4) is 0 Å². The normalized spacial score (nSPS) is 14.6. The molecule has 1 fully saturated rings. The smallest absolute Gasteiger partial charge is 0.409 e. The lowest BCUT2D eigenvalue weighted by Crippen LogP contribution is -2.49. The van der Waals surface area contributed by atoms with Crippen molar-refractivity contribution in [3.8, 4) is 5.75 Å². The molecule has 3 amide bonds. The van der Waals surface area contributed by atoms with Crippen molar-refractivity contribution in [2.75, 3.05) is 32.8 Å². The molecule has 0 bridgehead atoms. The van der Waals surface area contributed by atoms with Crippen LogP contribution in [0.15, 0.2) is 12.1 Å². The van der Waals surface area contributed by atoms with Crippen LogP contribution in [0.25, 0.3) is 0 Å². The molecule has 1 saturated heterocycles. The SMILES string of the molecule is CCOC(=O)N1CCC(NC(=O)NCCOc2c(C)ccc(C)c2C)CC1. The molecule has 0 spiro atoms. The van der Waals surface area contributed by atoms with E-state index in [-0.39, 0.29) is 18.2 Å². The Bertz CT molecular complexity index is 655. The van der Waals surface area contributed by atoms with E-state index >= 15 is 0 Å². The zero-order valence-corrected chi connectivity index (χ0v) is 16.8. The van der Waals surface area contributed by atoms with Gasteiger partial charge in [0.05, 0.1) is 13.2 Å². The maximum absolute atomic E-state index is 12.0. The van der Waals surface area contributed by atoms with Gasteiger partial charge in [-0.05, 0) is 57.2 Å². The number of nitrogens with one attached hydrogen (secondary N) is 2. The van der Waals surface area contributed by atoms with Crippen LogP contribution in [-0.4, -0.2) is 55.9 Å². The van der Waals surface area contributed by atoms with Gasteiger partial charge in [0.25, 0.3) is 0 Å². The lowest BCUT2D eigenvalue weighted by molar-refractivity contribution is 0.0957. The molecule has 1 aromatic rings. The van der Waals surface area contributed by atoms with Crippen molar-refractivity contribution >= 4 is 12.1 Å². The van der Waals surface area contributed by atoms with Crippen LogP contribution >= 0.6 is 0 Å². The van der Waals surface area contributed by atoms with Gasteiger partial charge in [0.2, 0.25) is 0 Å². The van der Waals surface area contributed by atoms with Gasteiger partial charge in [0, 0.05) is 19.1 Å². The van der Waals surface area contributed by atoms with Gasteiger partial charge in [0.15, 0.2) is 0 Å². The molecule has 0 unspecified atom stereocenters. The molecular weight excluding hydrogens is 346 g/mol. The number of hydrogen-bond acceptors (Lipinski definition) is 4. The number of rotatable bonds is 6. The lowest BCUT2D eigenvalue weighted by atomic mass is 10.1. The minimum absolute atomic E-state index is 0.0675. The molecule has 0 aliphatic carbocycles. The molecule has 7 heteroatoms.